The molecule has 2 atom stereocenters. The van der Waals surface area contributed by atoms with Gasteiger partial charge in [0.25, 0.3) is 0 Å². The van der Waals surface area contributed by atoms with E-state index in [1.807, 2.05) is 0 Å². The van der Waals surface area contributed by atoms with Crippen LogP contribution in [0.3, 0.4) is 0 Å². The first-order valence-corrected chi connectivity index (χ1v) is 5.06. The fourth-order valence-electron chi connectivity index (χ4n) is 1.48. The monoisotopic (exact) mass is 467 g/mol. The van der Waals surface area contributed by atoms with Crippen LogP contribution in [0.15, 0.2) is 0 Å². The Bertz CT molecular complexity index is 79.7. The van der Waals surface area contributed by atoms with Gasteiger partial charge in [0.2, 0.25) is 0 Å². The Morgan fingerprint density at radius 2 is 1.90 bits per heavy atom. The van der Waals surface area contributed by atoms with Crippen molar-refractivity contribution in [2.75, 3.05) is 11.0 Å². The molecule has 1 rings (SSSR count). The SMILES string of the molecule is OC[C@H]1CC[C@@H](CI)C1.[Ac]. The molecule has 0 spiro atoms. The summed E-state index contributed by atoms with van der Waals surface area (Å²) in [6.45, 7) is 0.410. The van der Waals surface area contributed by atoms with Crippen LogP contribution in [0.1, 0.15) is 19.3 Å². The number of alkyl halides is 1. The van der Waals surface area contributed by atoms with Crippen LogP contribution in [0.4, 0.5) is 0 Å². The maximum atomic E-state index is 8.78. The number of rotatable bonds is 2. The number of halogens is 1. The summed E-state index contributed by atoms with van der Waals surface area (Å²) >= 11 is 2.43. The zero-order chi connectivity index (χ0) is 6.69. The first-order chi connectivity index (χ1) is 4.36. The fraction of sp³-hybridized carbons (Fsp3) is 1.00. The second-order valence-electron chi connectivity index (χ2n) is 2.88. The first-order valence-electron chi connectivity index (χ1n) is 3.53. The van der Waals surface area contributed by atoms with Gasteiger partial charge in [-0.2, -0.15) is 0 Å². The molecule has 57 valence electrons. The summed E-state index contributed by atoms with van der Waals surface area (Å²) in [5.41, 5.74) is 0. The smallest absolute Gasteiger partial charge is 0.0459 e. The predicted octanol–water partition coefficient (Wildman–Crippen LogP) is 1.83. The van der Waals surface area contributed by atoms with Crippen LogP contribution in [-0.4, -0.2) is 16.1 Å². The van der Waals surface area contributed by atoms with Gasteiger partial charge in [-0.15, -0.1) is 0 Å². The summed E-state index contributed by atoms with van der Waals surface area (Å²) < 4.78 is 1.27. The number of aliphatic hydroxyl groups is 1. The quantitative estimate of drug-likeness (QED) is 0.486. The molecule has 0 bridgehead atoms. The maximum Gasteiger partial charge on any atom is 0.0459 e. The number of hydrogen-bond acceptors (Lipinski definition) is 1. The second kappa shape index (κ2) is 6.63. The average Bonchev–Trinajstić information content (AvgIpc) is 2.34. The molecule has 0 heterocycles. The van der Waals surface area contributed by atoms with Gasteiger partial charge in [-0.1, -0.05) is 22.6 Å². The molecular weight excluding hydrogens is 454 g/mol. The van der Waals surface area contributed by atoms with Crippen LogP contribution in [-0.2, 0) is 0 Å². The van der Waals surface area contributed by atoms with E-state index >= 15 is 0 Å². The van der Waals surface area contributed by atoms with Crippen molar-refractivity contribution in [3.8, 4) is 0 Å². The van der Waals surface area contributed by atoms with E-state index in [0.29, 0.717) is 12.5 Å². The van der Waals surface area contributed by atoms with Gasteiger partial charge in [-0.25, -0.2) is 0 Å². The van der Waals surface area contributed by atoms with Gasteiger partial charge in [-0.3, -0.25) is 0 Å². The molecule has 0 saturated heterocycles. The first kappa shape index (κ1) is 12.1. The van der Waals surface area contributed by atoms with Crippen molar-refractivity contribution < 1.29 is 49.2 Å². The molecule has 1 radical (unpaired) electrons. The van der Waals surface area contributed by atoms with E-state index in [4.69, 9.17) is 5.11 Å². The average molecular weight is 467 g/mol. The van der Waals surface area contributed by atoms with Gasteiger partial charge in [0.15, 0.2) is 0 Å². The molecule has 1 N–H and O–H groups in total. The van der Waals surface area contributed by atoms with Crippen molar-refractivity contribution in [1.82, 2.24) is 0 Å². The molecule has 3 heteroatoms. The molecule has 0 aromatic rings. The van der Waals surface area contributed by atoms with E-state index in [1.54, 1.807) is 0 Å². The van der Waals surface area contributed by atoms with Crippen LogP contribution in [0.5, 0.6) is 0 Å². The standard InChI is InChI=1S/C7H13IO.Ac/c8-4-6-1-2-7(3-6)5-9;/h6-7,9H,1-5H2;/t6-,7+;/m1./s1. The van der Waals surface area contributed by atoms with Gasteiger partial charge in [-0.05, 0) is 31.1 Å². The van der Waals surface area contributed by atoms with E-state index in [0.717, 1.165) is 5.92 Å². The van der Waals surface area contributed by atoms with Gasteiger partial charge < -0.3 is 5.11 Å². The molecule has 0 amide bonds. The Hall–Kier alpha value is 2.13. The molecule has 0 aliphatic heterocycles. The molecule has 1 aliphatic carbocycles. The third kappa shape index (κ3) is 3.69. The van der Waals surface area contributed by atoms with Crippen molar-refractivity contribution in [1.29, 1.82) is 0 Å². The number of aliphatic hydroxyl groups excluding tert-OH is 1. The predicted molar refractivity (Wildman–Crippen MR) is 46.8 cm³/mol. The molecule has 1 saturated carbocycles. The molecule has 0 aromatic heterocycles. The van der Waals surface area contributed by atoms with Gasteiger partial charge in [0, 0.05) is 55.1 Å². The van der Waals surface area contributed by atoms with E-state index in [-0.39, 0.29) is 44.1 Å². The number of hydrogen-bond donors (Lipinski definition) is 1. The minimum atomic E-state index is 0. The zero-order valence-electron chi connectivity index (χ0n) is 6.09. The zero-order valence-corrected chi connectivity index (χ0v) is 13.0. The molecule has 1 aliphatic rings. The van der Waals surface area contributed by atoms with E-state index < -0.39 is 0 Å². The topological polar surface area (TPSA) is 20.2 Å². The Kier molecular flexibility index (Phi) is 8.04. The van der Waals surface area contributed by atoms with E-state index in [9.17, 15) is 0 Å². The minimum Gasteiger partial charge on any atom is -0.396 e. The van der Waals surface area contributed by atoms with Gasteiger partial charge in [0.05, 0.1) is 0 Å². The van der Waals surface area contributed by atoms with E-state index in [2.05, 4.69) is 22.6 Å². The summed E-state index contributed by atoms with van der Waals surface area (Å²) in [5, 5.41) is 8.78. The molecule has 10 heavy (non-hydrogen) atoms. The Labute approximate surface area is 112 Å². The molecule has 0 unspecified atom stereocenters. The van der Waals surface area contributed by atoms with Gasteiger partial charge >= 0.3 is 0 Å². The normalized spacial score (nSPS) is 31.8. The minimum absolute atomic E-state index is 0. The van der Waals surface area contributed by atoms with Crippen LogP contribution in [0, 0.1) is 55.9 Å². The van der Waals surface area contributed by atoms with Crippen molar-refractivity contribution >= 4 is 22.6 Å². The van der Waals surface area contributed by atoms with Crippen LogP contribution in [0.25, 0.3) is 0 Å². The third-order valence-corrected chi connectivity index (χ3v) is 3.37. The molecular formula is C7H13AcIO. The molecule has 1 nitrogen and oxygen atoms in total. The van der Waals surface area contributed by atoms with Crippen LogP contribution in [0.2, 0.25) is 0 Å². The van der Waals surface area contributed by atoms with Crippen molar-refractivity contribution in [3.05, 3.63) is 0 Å². The Morgan fingerprint density at radius 3 is 2.20 bits per heavy atom. The summed E-state index contributed by atoms with van der Waals surface area (Å²) in [6.07, 6.45) is 3.86. The molecule has 0 aromatic carbocycles. The van der Waals surface area contributed by atoms with Crippen molar-refractivity contribution in [2.24, 2.45) is 11.8 Å². The summed E-state index contributed by atoms with van der Waals surface area (Å²) in [4.78, 5) is 0. The Balaban J connectivity index is 0.000000810. The largest absolute Gasteiger partial charge is 0.396 e. The van der Waals surface area contributed by atoms with Gasteiger partial charge in [0.1, 0.15) is 0 Å². The van der Waals surface area contributed by atoms with Crippen LogP contribution < -0.4 is 0 Å². The third-order valence-electron chi connectivity index (χ3n) is 2.13. The van der Waals surface area contributed by atoms with Crippen LogP contribution >= 0.6 is 22.6 Å². The summed E-state index contributed by atoms with van der Waals surface area (Å²) in [5.74, 6) is 1.53. The Morgan fingerprint density at radius 1 is 1.30 bits per heavy atom. The summed E-state index contributed by atoms with van der Waals surface area (Å²) in [7, 11) is 0. The van der Waals surface area contributed by atoms with Crippen molar-refractivity contribution in [3.63, 3.8) is 0 Å². The summed E-state index contributed by atoms with van der Waals surface area (Å²) in [6, 6.07) is 0. The fourth-order valence-corrected chi connectivity index (χ4v) is 2.28. The van der Waals surface area contributed by atoms with Crippen molar-refractivity contribution in [2.45, 2.75) is 19.3 Å². The molecule has 1 fully saturated rings. The maximum absolute atomic E-state index is 8.78. The second-order valence-corrected chi connectivity index (χ2v) is 3.76. The van der Waals surface area contributed by atoms with E-state index in [1.165, 1.54) is 23.7 Å².